The first-order valence-corrected chi connectivity index (χ1v) is 9.30. The second-order valence-corrected chi connectivity index (χ2v) is 8.08. The molecule has 26 heavy (non-hydrogen) atoms. The molecule has 0 saturated carbocycles. The summed E-state index contributed by atoms with van der Waals surface area (Å²) in [4.78, 5) is 2.25. The number of benzene rings is 1. The first-order chi connectivity index (χ1) is 12.1. The Morgan fingerprint density at radius 1 is 1.12 bits per heavy atom. The van der Waals surface area contributed by atoms with Crippen LogP contribution in [-0.4, -0.2) is 70.8 Å². The van der Waals surface area contributed by atoms with Crippen molar-refractivity contribution in [2.24, 2.45) is 0 Å². The molecule has 1 aliphatic heterocycles. The van der Waals surface area contributed by atoms with Gasteiger partial charge in [-0.05, 0) is 71.2 Å². The van der Waals surface area contributed by atoms with Crippen LogP contribution in [0.2, 0.25) is 0 Å². The van der Waals surface area contributed by atoms with Gasteiger partial charge < -0.3 is 29.5 Å². The van der Waals surface area contributed by atoms with E-state index in [4.69, 9.17) is 9.39 Å². The molecule has 1 aromatic rings. The van der Waals surface area contributed by atoms with E-state index in [1.54, 1.807) is 52.0 Å². The van der Waals surface area contributed by atoms with Gasteiger partial charge in [0.1, 0.15) is 18.5 Å². The summed E-state index contributed by atoms with van der Waals surface area (Å²) in [5.41, 5.74) is -1.43. The lowest BCUT2D eigenvalue weighted by Crippen LogP contribution is -2.53. The van der Waals surface area contributed by atoms with Gasteiger partial charge in [-0.2, -0.15) is 0 Å². The molecule has 1 fully saturated rings. The van der Waals surface area contributed by atoms with E-state index < -0.39 is 24.4 Å². The van der Waals surface area contributed by atoms with Crippen LogP contribution in [0.15, 0.2) is 24.3 Å². The fourth-order valence-electron chi connectivity index (χ4n) is 2.73. The van der Waals surface area contributed by atoms with Gasteiger partial charge in [-0.3, -0.25) is 0 Å². The fraction of sp³-hybridized carbons (Fsp3) is 0.684. The number of β-amino-alcohol motifs (C(OH)–C–C–N with tert-alkyl or cyclic N) is 1. The molecule has 1 aromatic carbocycles. The molecule has 6 nitrogen and oxygen atoms in total. The second-order valence-electron chi connectivity index (χ2n) is 8.08. The SMILES string of the molecule is CC(C)(O)C(C)(C)OB(O)c1ccc(OC[C@@H](O)CN2CCCC2)cc1. The molecule has 1 saturated heterocycles. The van der Waals surface area contributed by atoms with Crippen molar-refractivity contribution in [3.63, 3.8) is 0 Å². The summed E-state index contributed by atoms with van der Waals surface area (Å²) >= 11 is 0. The van der Waals surface area contributed by atoms with Crippen LogP contribution in [0.25, 0.3) is 0 Å². The van der Waals surface area contributed by atoms with E-state index in [1.807, 2.05) is 0 Å². The summed E-state index contributed by atoms with van der Waals surface area (Å²) in [6, 6.07) is 6.91. The van der Waals surface area contributed by atoms with E-state index in [9.17, 15) is 15.2 Å². The van der Waals surface area contributed by atoms with Crippen LogP contribution in [0.4, 0.5) is 0 Å². The zero-order valence-electron chi connectivity index (χ0n) is 16.3. The second kappa shape index (κ2) is 8.72. The van der Waals surface area contributed by atoms with Gasteiger partial charge in [-0.15, -0.1) is 0 Å². The third kappa shape index (κ3) is 5.96. The number of rotatable bonds is 9. The maximum atomic E-state index is 10.3. The summed E-state index contributed by atoms with van der Waals surface area (Å²) in [5, 5.41) is 30.5. The topological polar surface area (TPSA) is 82.4 Å². The predicted octanol–water partition coefficient (Wildman–Crippen LogP) is 0.776. The quantitative estimate of drug-likeness (QED) is 0.561. The van der Waals surface area contributed by atoms with Gasteiger partial charge in [-0.25, -0.2) is 0 Å². The van der Waals surface area contributed by atoms with Crippen LogP contribution >= 0.6 is 0 Å². The molecule has 0 amide bonds. The molecule has 0 radical (unpaired) electrons. The average molecular weight is 365 g/mol. The van der Waals surface area contributed by atoms with Gasteiger partial charge in [0.2, 0.25) is 0 Å². The lowest BCUT2D eigenvalue weighted by atomic mass is 9.76. The minimum absolute atomic E-state index is 0.237. The van der Waals surface area contributed by atoms with Gasteiger partial charge in [0.25, 0.3) is 0 Å². The van der Waals surface area contributed by atoms with Crippen LogP contribution < -0.4 is 10.2 Å². The monoisotopic (exact) mass is 365 g/mol. The van der Waals surface area contributed by atoms with E-state index in [1.165, 1.54) is 12.8 Å². The van der Waals surface area contributed by atoms with Crippen molar-refractivity contribution in [1.29, 1.82) is 0 Å². The van der Waals surface area contributed by atoms with Gasteiger partial charge in [-0.1, -0.05) is 12.1 Å². The largest absolute Gasteiger partial charge is 0.491 e. The highest BCUT2D eigenvalue weighted by molar-refractivity contribution is 6.60. The van der Waals surface area contributed by atoms with Gasteiger partial charge in [0, 0.05) is 6.54 Å². The molecule has 146 valence electrons. The molecule has 0 aromatic heterocycles. The van der Waals surface area contributed by atoms with E-state index >= 15 is 0 Å². The molecule has 1 heterocycles. The summed E-state index contributed by atoms with van der Waals surface area (Å²) < 4.78 is 11.2. The molecule has 0 unspecified atom stereocenters. The Labute approximate surface area is 156 Å². The molecule has 1 atom stereocenters. The zero-order valence-corrected chi connectivity index (χ0v) is 16.3. The first kappa shape index (κ1) is 21.2. The fourth-order valence-corrected chi connectivity index (χ4v) is 2.73. The number of nitrogens with zero attached hydrogens (tertiary/aromatic N) is 1. The number of ether oxygens (including phenoxy) is 1. The Morgan fingerprint density at radius 3 is 2.23 bits per heavy atom. The van der Waals surface area contributed by atoms with E-state index in [-0.39, 0.29) is 6.61 Å². The average Bonchev–Trinajstić information content (AvgIpc) is 3.05. The summed E-state index contributed by atoms with van der Waals surface area (Å²) in [5.74, 6) is 0.628. The molecule has 3 N–H and O–H groups in total. The van der Waals surface area contributed by atoms with Gasteiger partial charge >= 0.3 is 7.12 Å². The molecule has 0 spiro atoms. The Bertz CT molecular complexity index is 552. The van der Waals surface area contributed by atoms with E-state index in [0.29, 0.717) is 17.8 Å². The minimum Gasteiger partial charge on any atom is -0.491 e. The number of aliphatic hydroxyl groups is 2. The van der Waals surface area contributed by atoms with Crippen molar-refractivity contribution in [1.82, 2.24) is 4.90 Å². The van der Waals surface area contributed by atoms with Crippen molar-refractivity contribution in [2.75, 3.05) is 26.2 Å². The normalized spacial score (nSPS) is 17.3. The van der Waals surface area contributed by atoms with Crippen LogP contribution in [-0.2, 0) is 4.65 Å². The zero-order chi connectivity index (χ0) is 19.4. The third-order valence-electron chi connectivity index (χ3n) is 5.15. The molecular formula is C19H32BNO5. The summed E-state index contributed by atoms with van der Waals surface area (Å²) in [6.45, 7) is 9.71. The molecular weight excluding hydrogens is 333 g/mol. The molecule has 7 heteroatoms. The van der Waals surface area contributed by atoms with Gasteiger partial charge in [0.05, 0.1) is 11.2 Å². The third-order valence-corrected chi connectivity index (χ3v) is 5.15. The predicted molar refractivity (Wildman–Crippen MR) is 103 cm³/mol. The Hall–Kier alpha value is -1.12. The maximum absolute atomic E-state index is 10.3. The van der Waals surface area contributed by atoms with E-state index in [2.05, 4.69) is 4.90 Å². The highest BCUT2D eigenvalue weighted by Gasteiger charge is 2.39. The van der Waals surface area contributed by atoms with Crippen molar-refractivity contribution in [2.45, 2.75) is 57.8 Å². The smallest absolute Gasteiger partial charge is 0.491 e. The molecule has 0 aliphatic carbocycles. The lowest BCUT2D eigenvalue weighted by Gasteiger charge is -2.38. The van der Waals surface area contributed by atoms with Crippen molar-refractivity contribution < 1.29 is 24.6 Å². The highest BCUT2D eigenvalue weighted by Crippen LogP contribution is 2.25. The van der Waals surface area contributed by atoms with Crippen LogP contribution in [0.3, 0.4) is 0 Å². The Balaban J connectivity index is 1.83. The Kier molecular flexibility index (Phi) is 7.10. The van der Waals surface area contributed by atoms with Crippen molar-refractivity contribution in [3.05, 3.63) is 24.3 Å². The number of likely N-dealkylation sites (tertiary alicyclic amines) is 1. The highest BCUT2D eigenvalue weighted by atomic mass is 16.5. The van der Waals surface area contributed by atoms with Crippen molar-refractivity contribution in [3.8, 4) is 5.75 Å². The summed E-state index contributed by atoms with van der Waals surface area (Å²) in [7, 11) is -1.15. The van der Waals surface area contributed by atoms with Crippen LogP contribution in [0.1, 0.15) is 40.5 Å². The standard InChI is InChI=1S/C19H32BNO5/c1-18(2,23)19(3,4)26-20(24)15-7-9-17(10-8-15)25-14-16(22)13-21-11-5-6-12-21/h7-10,16,22-24H,5-6,11-14H2,1-4H3/t16-/m0/s1. The number of hydrogen-bond acceptors (Lipinski definition) is 6. The summed E-state index contributed by atoms with van der Waals surface area (Å²) in [6.07, 6.45) is 1.88. The molecule has 2 rings (SSSR count). The molecule has 0 bridgehead atoms. The maximum Gasteiger partial charge on any atom is 0.491 e. The van der Waals surface area contributed by atoms with Gasteiger partial charge in [0.15, 0.2) is 0 Å². The number of aliphatic hydroxyl groups excluding tert-OH is 1. The minimum atomic E-state index is -1.15. The van der Waals surface area contributed by atoms with E-state index in [0.717, 1.165) is 13.1 Å². The first-order valence-electron chi connectivity index (χ1n) is 9.30. The lowest BCUT2D eigenvalue weighted by molar-refractivity contribution is -0.0982. The van der Waals surface area contributed by atoms with Crippen LogP contribution in [0, 0.1) is 0 Å². The molecule has 1 aliphatic rings. The Morgan fingerprint density at radius 2 is 1.69 bits per heavy atom. The number of hydrogen-bond donors (Lipinski definition) is 3. The van der Waals surface area contributed by atoms with Crippen molar-refractivity contribution >= 4 is 12.6 Å². The van der Waals surface area contributed by atoms with Crippen LogP contribution in [0.5, 0.6) is 5.75 Å².